The van der Waals surface area contributed by atoms with Crippen LogP contribution in [0.4, 0.5) is 0 Å². The summed E-state index contributed by atoms with van der Waals surface area (Å²) in [6.07, 6.45) is 0. The zero-order valence-electron chi connectivity index (χ0n) is 2.29. The minimum Gasteiger partial charge on any atom is -0.791 e. The Morgan fingerprint density at radius 2 is 1.25 bits per heavy atom. The minimum absolute atomic E-state index is 0. The second-order valence-electron chi connectivity index (χ2n) is 0. The fraction of sp³-hybridized carbons (Fsp3) is 0. The molecular weight excluding hydrogens is 135 g/mol. The van der Waals surface area contributed by atoms with Gasteiger partial charge in [-0.1, -0.05) is 0 Å². The normalized spacial score (nSPS) is 1.50. The molecule has 0 rings (SSSR count). The number of halogens is 1. The van der Waals surface area contributed by atoms with Crippen LogP contribution in [-0.2, 0) is 0 Å². The molecule has 0 spiro atoms. The first-order valence-electron chi connectivity index (χ1n) is 0.154. The molecule has 0 fully saturated rings. The van der Waals surface area contributed by atoms with Crippen molar-refractivity contribution in [3.05, 3.63) is 0 Å². The third kappa shape index (κ3) is 9.99. The van der Waals surface area contributed by atoms with Gasteiger partial charge in [0.25, 0.3) is 0 Å². The molecule has 0 amide bonds. The van der Waals surface area contributed by atoms with Gasteiger partial charge < -0.3 is 9.67 Å². The molecule has 0 aliphatic carbocycles. The fourth-order valence-corrected chi connectivity index (χ4v) is 0. The van der Waals surface area contributed by atoms with Gasteiger partial charge in [-0.05, 0) is 0 Å². The molecule has 0 saturated carbocycles. The minimum atomic E-state index is 0. The largest absolute Gasteiger partial charge is 1.00 e. The Morgan fingerprint density at radius 3 is 1.25 bits per heavy atom. The van der Waals surface area contributed by atoms with Gasteiger partial charge in [0.15, 0.2) is 0 Å². The predicted molar refractivity (Wildman–Crippen MR) is 12.5 cm³/mol. The van der Waals surface area contributed by atoms with Crippen LogP contribution in [0.15, 0.2) is 0 Å². The molecule has 0 aromatic rings. The van der Waals surface area contributed by atoms with Gasteiger partial charge in [-0.25, -0.2) is 16.3 Å². The first kappa shape index (κ1) is 18.2. The van der Waals surface area contributed by atoms with E-state index in [1.807, 2.05) is 0 Å². The van der Waals surface area contributed by atoms with Gasteiger partial charge in [0.05, 0.1) is 0 Å². The molecule has 4 heavy (non-hydrogen) atoms. The number of hydrogen-bond donors (Lipinski definition) is 0. The Hall–Kier alpha value is 1.40. The predicted octanol–water partition coefficient (Wildman–Crippen LogP) is -4.16. The standard InChI is InChI=1S/BrO.Na.H2O/c1-2;;/h;;1H2/q-1;+1;. The van der Waals surface area contributed by atoms with Crippen molar-refractivity contribution in [1.29, 1.82) is 0 Å². The van der Waals surface area contributed by atoms with Crippen LogP contribution in [0.1, 0.15) is 0 Å². The first-order chi connectivity index (χ1) is 1.00. The molecule has 2 nitrogen and oxygen atoms in total. The summed E-state index contributed by atoms with van der Waals surface area (Å²) in [5.41, 5.74) is 0. The van der Waals surface area contributed by atoms with Crippen molar-refractivity contribution >= 4 is 16.3 Å². The van der Waals surface area contributed by atoms with Crippen molar-refractivity contribution in [2.24, 2.45) is 0 Å². The number of rotatable bonds is 0. The zero-order valence-corrected chi connectivity index (χ0v) is 5.87. The summed E-state index contributed by atoms with van der Waals surface area (Å²) in [6.45, 7) is 0. The smallest absolute Gasteiger partial charge is 0.791 e. The maximum Gasteiger partial charge on any atom is 1.00 e. The van der Waals surface area contributed by atoms with Crippen LogP contribution in [0, 0.1) is 0 Å². The fourth-order valence-electron chi connectivity index (χ4n) is 0. The van der Waals surface area contributed by atoms with Crippen molar-refractivity contribution in [2.75, 3.05) is 0 Å². The summed E-state index contributed by atoms with van der Waals surface area (Å²) in [5, 5.41) is 0. The molecule has 0 radical (unpaired) electrons. The topological polar surface area (TPSA) is 54.6 Å². The van der Waals surface area contributed by atoms with Crippen LogP contribution in [0.25, 0.3) is 0 Å². The molecule has 4 heteroatoms. The maximum absolute atomic E-state index is 8.06. The molecule has 0 aromatic carbocycles. The third-order valence-electron chi connectivity index (χ3n) is 0. The van der Waals surface area contributed by atoms with Crippen LogP contribution in [0.2, 0.25) is 0 Å². The van der Waals surface area contributed by atoms with Crippen molar-refractivity contribution in [1.82, 2.24) is 0 Å². The molecule has 0 aliphatic rings. The Morgan fingerprint density at radius 1 is 1.25 bits per heavy atom. The van der Waals surface area contributed by atoms with E-state index in [0.717, 1.165) is 0 Å². The Kier molecular flexibility index (Phi) is 118. The molecule has 0 aliphatic heterocycles. The van der Waals surface area contributed by atoms with E-state index >= 15 is 0 Å². The molecular formula is H2BrNaO2. The van der Waals surface area contributed by atoms with Crippen molar-refractivity contribution in [3.8, 4) is 0 Å². The Bertz CT molecular complexity index is 6.00. The average Bonchev–Trinajstić information content (AvgIpc) is 1.00. The summed E-state index contributed by atoms with van der Waals surface area (Å²) in [5.74, 6) is 0. The van der Waals surface area contributed by atoms with Crippen LogP contribution in [-0.4, -0.2) is 5.48 Å². The molecule has 0 aromatic heterocycles. The van der Waals surface area contributed by atoms with Gasteiger partial charge in [-0.15, -0.1) is 0 Å². The van der Waals surface area contributed by atoms with Crippen molar-refractivity contribution in [3.63, 3.8) is 0 Å². The van der Waals surface area contributed by atoms with Crippen molar-refractivity contribution < 1.29 is 39.2 Å². The van der Waals surface area contributed by atoms with E-state index < -0.39 is 0 Å². The molecule has 0 atom stereocenters. The van der Waals surface area contributed by atoms with E-state index in [1.165, 1.54) is 0 Å². The Labute approximate surface area is 55.3 Å². The van der Waals surface area contributed by atoms with E-state index in [-0.39, 0.29) is 35.0 Å². The van der Waals surface area contributed by atoms with Gasteiger partial charge in [0.1, 0.15) is 0 Å². The van der Waals surface area contributed by atoms with E-state index in [1.54, 1.807) is 16.3 Å². The van der Waals surface area contributed by atoms with E-state index in [2.05, 4.69) is 0 Å². The van der Waals surface area contributed by atoms with Gasteiger partial charge in [-0.2, -0.15) is 0 Å². The maximum atomic E-state index is 8.06. The third-order valence-corrected chi connectivity index (χ3v) is 0. The van der Waals surface area contributed by atoms with E-state index in [0.29, 0.717) is 0 Å². The van der Waals surface area contributed by atoms with Gasteiger partial charge >= 0.3 is 29.6 Å². The molecule has 2 N–H and O–H groups in total. The summed E-state index contributed by atoms with van der Waals surface area (Å²) in [6, 6.07) is 0. The van der Waals surface area contributed by atoms with Gasteiger partial charge in [0.2, 0.25) is 0 Å². The second kappa shape index (κ2) is 26.0. The molecule has 0 saturated heterocycles. The quantitative estimate of drug-likeness (QED) is 0.312. The van der Waals surface area contributed by atoms with Crippen LogP contribution >= 0.6 is 16.3 Å². The average molecular weight is 137 g/mol. The summed E-state index contributed by atoms with van der Waals surface area (Å²) in [7, 11) is 0. The summed E-state index contributed by atoms with van der Waals surface area (Å²) < 4.78 is 8.06. The van der Waals surface area contributed by atoms with Crippen LogP contribution in [0.3, 0.4) is 0 Å². The first-order valence-corrected chi connectivity index (χ1v) is 0.802. The summed E-state index contributed by atoms with van der Waals surface area (Å²) >= 11 is 1.69. The molecule has 0 heterocycles. The molecule has 0 unspecified atom stereocenters. The second-order valence-corrected chi connectivity index (χ2v) is 0. The monoisotopic (exact) mass is 136 g/mol. The number of hydrogen-bond acceptors (Lipinski definition) is 1. The van der Waals surface area contributed by atoms with Crippen LogP contribution < -0.4 is 33.8 Å². The van der Waals surface area contributed by atoms with Crippen LogP contribution in [0.5, 0.6) is 0 Å². The van der Waals surface area contributed by atoms with Gasteiger partial charge in [0, 0.05) is 0 Å². The van der Waals surface area contributed by atoms with Gasteiger partial charge in [-0.3, -0.25) is 0 Å². The zero-order chi connectivity index (χ0) is 2.00. The molecule has 22 valence electrons. The Balaban J connectivity index is -0.00000000500. The van der Waals surface area contributed by atoms with E-state index in [9.17, 15) is 0 Å². The van der Waals surface area contributed by atoms with E-state index in [4.69, 9.17) is 4.20 Å². The SMILES string of the molecule is O.[Na+].[O-]Br. The van der Waals surface area contributed by atoms with Crippen molar-refractivity contribution in [2.45, 2.75) is 0 Å². The summed E-state index contributed by atoms with van der Waals surface area (Å²) in [4.78, 5) is 0. The molecule has 0 bridgehead atoms.